The minimum absolute atomic E-state index is 0.180. The Labute approximate surface area is 141 Å². The lowest BCUT2D eigenvalue weighted by atomic mass is 10.2. The number of rotatable bonds is 6. The van der Waals surface area contributed by atoms with Crippen molar-refractivity contribution >= 4 is 35.3 Å². The summed E-state index contributed by atoms with van der Waals surface area (Å²) in [6, 6.07) is 2.77. The molecule has 3 amide bonds. The third kappa shape index (κ3) is 7.13. The molecule has 1 aromatic rings. The molecule has 0 aliphatic carbocycles. The third-order valence-electron chi connectivity index (χ3n) is 2.68. The van der Waals surface area contributed by atoms with E-state index in [9.17, 15) is 22.8 Å². The number of unbranched alkanes of at least 4 members (excludes halogenated alkanes) is 1. The maximum absolute atomic E-state index is 12.7. The average molecular weight is 369 g/mol. The smallest absolute Gasteiger partial charge is 0.338 e. The van der Waals surface area contributed by atoms with Crippen molar-refractivity contribution in [3.8, 4) is 0 Å². The van der Waals surface area contributed by atoms with E-state index in [1.165, 1.54) is 6.07 Å². The molecule has 0 atom stereocenters. The van der Waals surface area contributed by atoms with E-state index in [2.05, 4.69) is 10.6 Å². The van der Waals surface area contributed by atoms with Crippen LogP contribution in [0.2, 0.25) is 5.02 Å². The van der Waals surface area contributed by atoms with Gasteiger partial charge in [0.25, 0.3) is 0 Å². The van der Waals surface area contributed by atoms with Crippen LogP contribution < -0.4 is 10.6 Å². The second-order valence-electron chi connectivity index (χ2n) is 4.59. The number of carbonyl (C=O) groups is 2. The summed E-state index contributed by atoms with van der Waals surface area (Å²) >= 11 is 6.40. The summed E-state index contributed by atoms with van der Waals surface area (Å²) in [6.07, 6.45) is -2.86. The highest BCUT2D eigenvalue weighted by molar-refractivity contribution is 8.00. The zero-order chi connectivity index (χ0) is 17.5. The lowest BCUT2D eigenvalue weighted by Gasteiger charge is -2.10. The zero-order valence-electron chi connectivity index (χ0n) is 12.3. The first-order chi connectivity index (χ1) is 10.7. The van der Waals surface area contributed by atoms with Crippen molar-refractivity contribution in [2.24, 2.45) is 0 Å². The quantitative estimate of drug-likeness (QED) is 0.587. The first-order valence-electron chi connectivity index (χ1n) is 6.81. The summed E-state index contributed by atoms with van der Waals surface area (Å²) in [5, 5.41) is 4.21. The summed E-state index contributed by atoms with van der Waals surface area (Å²) in [5.41, 5.74) is -0.957. The standard InChI is InChI=1S/C14H16ClF3N2O2S/c1-2-3-6-19-13(22)20-12(21)8-23-9-4-5-11(15)10(7-9)14(16,17)18/h4-5,7H,2-3,6,8H2,1H3,(H2,19,20,21,22). The Bertz CT molecular complexity index is 567. The number of amides is 3. The van der Waals surface area contributed by atoms with E-state index in [-0.39, 0.29) is 10.6 Å². The fraction of sp³-hybridized carbons (Fsp3) is 0.429. The number of hydrogen-bond donors (Lipinski definition) is 2. The predicted octanol–water partition coefficient (Wildman–Crippen LogP) is 4.08. The molecule has 1 aromatic carbocycles. The molecule has 0 aliphatic rings. The summed E-state index contributed by atoms with van der Waals surface area (Å²) in [4.78, 5) is 23.2. The first-order valence-corrected chi connectivity index (χ1v) is 8.17. The molecule has 0 bridgehead atoms. The van der Waals surface area contributed by atoms with E-state index in [0.717, 1.165) is 36.7 Å². The minimum atomic E-state index is -4.56. The molecule has 1 rings (SSSR count). The van der Waals surface area contributed by atoms with Gasteiger partial charge in [-0.3, -0.25) is 10.1 Å². The van der Waals surface area contributed by atoms with Gasteiger partial charge in [-0.2, -0.15) is 13.2 Å². The lowest BCUT2D eigenvalue weighted by molar-refractivity contribution is -0.137. The number of alkyl halides is 3. The van der Waals surface area contributed by atoms with Crippen molar-refractivity contribution in [2.75, 3.05) is 12.3 Å². The summed E-state index contributed by atoms with van der Waals surface area (Å²) in [7, 11) is 0. The van der Waals surface area contributed by atoms with Gasteiger partial charge in [-0.05, 0) is 24.6 Å². The number of carbonyl (C=O) groups excluding carboxylic acids is 2. The molecule has 0 saturated heterocycles. The molecule has 0 spiro atoms. The molecule has 0 saturated carbocycles. The highest BCUT2D eigenvalue weighted by Gasteiger charge is 2.33. The molecular formula is C14H16ClF3N2O2S. The Kier molecular flexibility index (Phi) is 7.70. The fourth-order valence-corrected chi connectivity index (χ4v) is 2.51. The van der Waals surface area contributed by atoms with E-state index in [0.29, 0.717) is 6.54 Å². The van der Waals surface area contributed by atoms with Crippen LogP contribution in [0.25, 0.3) is 0 Å². The topological polar surface area (TPSA) is 58.2 Å². The van der Waals surface area contributed by atoms with E-state index in [4.69, 9.17) is 11.6 Å². The summed E-state index contributed by atoms with van der Waals surface area (Å²) < 4.78 is 38.2. The van der Waals surface area contributed by atoms with Crippen molar-refractivity contribution in [1.29, 1.82) is 0 Å². The molecule has 23 heavy (non-hydrogen) atoms. The molecule has 0 fully saturated rings. The number of halogens is 4. The minimum Gasteiger partial charge on any atom is -0.338 e. The Balaban J connectivity index is 2.52. The van der Waals surface area contributed by atoms with Gasteiger partial charge in [0.05, 0.1) is 16.3 Å². The number of benzene rings is 1. The van der Waals surface area contributed by atoms with Crippen molar-refractivity contribution in [2.45, 2.75) is 30.8 Å². The van der Waals surface area contributed by atoms with Crippen LogP contribution in [0.5, 0.6) is 0 Å². The molecule has 0 radical (unpaired) electrons. The fourth-order valence-electron chi connectivity index (χ4n) is 1.55. The van der Waals surface area contributed by atoms with Crippen LogP contribution in [-0.2, 0) is 11.0 Å². The SMILES string of the molecule is CCCCNC(=O)NC(=O)CSc1ccc(Cl)c(C(F)(F)F)c1. The summed E-state index contributed by atoms with van der Waals surface area (Å²) in [6.45, 7) is 2.41. The van der Waals surface area contributed by atoms with E-state index >= 15 is 0 Å². The number of thioether (sulfide) groups is 1. The molecule has 0 aliphatic heterocycles. The lowest BCUT2D eigenvalue weighted by Crippen LogP contribution is -2.40. The molecule has 9 heteroatoms. The Morgan fingerprint density at radius 2 is 2.00 bits per heavy atom. The van der Waals surface area contributed by atoms with Gasteiger partial charge in [0, 0.05) is 11.4 Å². The third-order valence-corrected chi connectivity index (χ3v) is 4.01. The largest absolute Gasteiger partial charge is 0.417 e. The van der Waals surface area contributed by atoms with Crippen molar-refractivity contribution in [1.82, 2.24) is 10.6 Å². The molecule has 0 aromatic heterocycles. The number of nitrogens with one attached hydrogen (secondary N) is 2. The normalized spacial score (nSPS) is 11.2. The maximum Gasteiger partial charge on any atom is 0.417 e. The molecule has 128 valence electrons. The Hall–Kier alpha value is -1.41. The van der Waals surface area contributed by atoms with Gasteiger partial charge >= 0.3 is 12.2 Å². The predicted molar refractivity (Wildman–Crippen MR) is 83.6 cm³/mol. The van der Waals surface area contributed by atoms with Crippen LogP contribution in [0.15, 0.2) is 23.1 Å². The average Bonchev–Trinajstić information content (AvgIpc) is 2.45. The second-order valence-corrected chi connectivity index (χ2v) is 6.04. The molecule has 2 N–H and O–H groups in total. The van der Waals surface area contributed by atoms with Gasteiger partial charge in [-0.15, -0.1) is 11.8 Å². The highest BCUT2D eigenvalue weighted by Crippen LogP contribution is 2.36. The maximum atomic E-state index is 12.7. The molecule has 4 nitrogen and oxygen atoms in total. The van der Waals surface area contributed by atoms with Gasteiger partial charge in [-0.25, -0.2) is 4.79 Å². The van der Waals surface area contributed by atoms with Crippen LogP contribution in [-0.4, -0.2) is 24.2 Å². The molecule has 0 heterocycles. The van der Waals surface area contributed by atoms with E-state index in [1.54, 1.807) is 0 Å². The van der Waals surface area contributed by atoms with E-state index in [1.807, 2.05) is 6.92 Å². The van der Waals surface area contributed by atoms with Gasteiger partial charge in [0.15, 0.2) is 0 Å². The summed E-state index contributed by atoms with van der Waals surface area (Å²) in [5.74, 6) is -0.771. The van der Waals surface area contributed by atoms with Crippen molar-refractivity contribution in [3.63, 3.8) is 0 Å². The monoisotopic (exact) mass is 368 g/mol. The van der Waals surface area contributed by atoms with Crippen LogP contribution in [0.3, 0.4) is 0 Å². The Morgan fingerprint density at radius 3 is 2.61 bits per heavy atom. The van der Waals surface area contributed by atoms with Crippen LogP contribution in [0.1, 0.15) is 25.3 Å². The molecule has 0 unspecified atom stereocenters. The van der Waals surface area contributed by atoms with E-state index < -0.39 is 28.7 Å². The number of urea groups is 1. The van der Waals surface area contributed by atoms with Crippen LogP contribution in [0, 0.1) is 0 Å². The van der Waals surface area contributed by atoms with Crippen molar-refractivity contribution in [3.05, 3.63) is 28.8 Å². The number of hydrogen-bond acceptors (Lipinski definition) is 3. The van der Waals surface area contributed by atoms with Gasteiger partial charge < -0.3 is 5.32 Å². The molecular weight excluding hydrogens is 353 g/mol. The highest BCUT2D eigenvalue weighted by atomic mass is 35.5. The Morgan fingerprint density at radius 1 is 1.30 bits per heavy atom. The van der Waals surface area contributed by atoms with Gasteiger partial charge in [0.2, 0.25) is 5.91 Å². The second kappa shape index (κ2) is 9.02. The van der Waals surface area contributed by atoms with Crippen LogP contribution in [0.4, 0.5) is 18.0 Å². The number of imide groups is 1. The first kappa shape index (κ1) is 19.6. The van der Waals surface area contributed by atoms with Crippen LogP contribution >= 0.6 is 23.4 Å². The zero-order valence-corrected chi connectivity index (χ0v) is 13.9. The van der Waals surface area contributed by atoms with Gasteiger partial charge in [-0.1, -0.05) is 24.9 Å². The van der Waals surface area contributed by atoms with Crippen molar-refractivity contribution < 1.29 is 22.8 Å². The van der Waals surface area contributed by atoms with Gasteiger partial charge in [0.1, 0.15) is 0 Å².